The topological polar surface area (TPSA) is 125 Å². The van der Waals surface area contributed by atoms with Crippen LogP contribution >= 0.6 is 0 Å². The second kappa shape index (κ2) is 10.3. The number of rotatable bonds is 6. The Morgan fingerprint density at radius 1 is 0.925 bits per heavy atom. The van der Waals surface area contributed by atoms with E-state index in [4.69, 9.17) is 4.98 Å². The molecule has 5 aromatic heterocycles. The smallest absolute Gasteiger partial charge is 0.224 e. The van der Waals surface area contributed by atoms with Crippen molar-refractivity contribution in [1.82, 2.24) is 35.1 Å². The largest absolute Gasteiger partial charge is 0.337 e. The number of carbonyl (C=O) groups is 1. The fourth-order valence-corrected chi connectivity index (χ4v) is 5.64. The maximum atomic E-state index is 12.7. The van der Waals surface area contributed by atoms with Crippen molar-refractivity contribution in [3.63, 3.8) is 0 Å². The third-order valence-electron chi connectivity index (χ3n) is 7.64. The van der Waals surface area contributed by atoms with E-state index < -0.39 is 0 Å². The number of pyridine rings is 3. The standard InChI is InChI=1S/C31H28N8O/c40-28(13-19-7-2-1-3-8-19)35-21-14-20(16-32-17-21)26-15-23-27(18-34-26)38-39-30(23)31-36-25-11-6-9-22(29(25)37-31)24-10-4-5-12-33-24/h4-6,9-12,14-19H,1-3,7-8,13H2,(H,35,40)(H,36,37)(H,38,39). The maximum Gasteiger partial charge on any atom is 0.224 e. The Morgan fingerprint density at radius 2 is 1.85 bits per heavy atom. The van der Waals surface area contributed by atoms with E-state index in [9.17, 15) is 4.79 Å². The lowest BCUT2D eigenvalue weighted by molar-refractivity contribution is -0.117. The van der Waals surface area contributed by atoms with Crippen LogP contribution in [0.2, 0.25) is 0 Å². The number of hydrogen-bond donors (Lipinski definition) is 3. The summed E-state index contributed by atoms with van der Waals surface area (Å²) >= 11 is 0. The summed E-state index contributed by atoms with van der Waals surface area (Å²) in [6.07, 6.45) is 13.5. The van der Waals surface area contributed by atoms with Crippen LogP contribution < -0.4 is 5.32 Å². The van der Waals surface area contributed by atoms with Crippen molar-refractivity contribution in [2.24, 2.45) is 5.92 Å². The third kappa shape index (κ3) is 4.70. The normalized spacial score (nSPS) is 14.1. The molecule has 1 saturated carbocycles. The number of hydrogen-bond acceptors (Lipinski definition) is 6. The molecule has 9 heteroatoms. The maximum absolute atomic E-state index is 12.7. The summed E-state index contributed by atoms with van der Waals surface area (Å²) in [7, 11) is 0. The molecule has 0 unspecified atom stereocenters. The predicted molar refractivity (Wildman–Crippen MR) is 155 cm³/mol. The lowest BCUT2D eigenvalue weighted by Crippen LogP contribution is -2.18. The van der Waals surface area contributed by atoms with Crippen LogP contribution in [0.5, 0.6) is 0 Å². The molecule has 1 aliphatic rings. The number of nitrogens with one attached hydrogen (secondary N) is 3. The van der Waals surface area contributed by atoms with Gasteiger partial charge in [0.25, 0.3) is 0 Å². The summed E-state index contributed by atoms with van der Waals surface area (Å²) in [4.78, 5) is 34.5. The summed E-state index contributed by atoms with van der Waals surface area (Å²) in [5, 5.41) is 11.6. The van der Waals surface area contributed by atoms with Gasteiger partial charge in [-0.3, -0.25) is 24.8 Å². The van der Waals surface area contributed by atoms with E-state index in [0.717, 1.165) is 57.3 Å². The van der Waals surface area contributed by atoms with E-state index in [1.807, 2.05) is 48.5 Å². The molecule has 5 heterocycles. The van der Waals surface area contributed by atoms with E-state index in [2.05, 4.69) is 35.5 Å². The summed E-state index contributed by atoms with van der Waals surface area (Å²) in [5.41, 5.74) is 7.28. The average molecular weight is 529 g/mol. The van der Waals surface area contributed by atoms with E-state index in [0.29, 0.717) is 29.5 Å². The zero-order chi connectivity index (χ0) is 26.9. The minimum Gasteiger partial charge on any atom is -0.337 e. The molecule has 1 fully saturated rings. The fourth-order valence-electron chi connectivity index (χ4n) is 5.64. The van der Waals surface area contributed by atoms with Crippen molar-refractivity contribution in [3.05, 3.63) is 73.3 Å². The van der Waals surface area contributed by atoms with Gasteiger partial charge in [0.1, 0.15) is 5.69 Å². The third-order valence-corrected chi connectivity index (χ3v) is 7.64. The fraction of sp³-hybridized carbons (Fsp3) is 0.226. The van der Waals surface area contributed by atoms with E-state index in [1.54, 1.807) is 24.8 Å². The molecule has 6 aromatic rings. The van der Waals surface area contributed by atoms with Crippen LogP contribution in [0.3, 0.4) is 0 Å². The van der Waals surface area contributed by atoms with Crippen molar-refractivity contribution < 1.29 is 4.79 Å². The van der Waals surface area contributed by atoms with Crippen LogP contribution in [0.15, 0.2) is 73.3 Å². The number of aromatic nitrogens is 7. The highest BCUT2D eigenvalue weighted by molar-refractivity contribution is 5.97. The zero-order valence-corrected chi connectivity index (χ0v) is 21.9. The number of aromatic amines is 2. The Bertz CT molecular complexity index is 1820. The number of nitrogens with zero attached hydrogens (tertiary/aromatic N) is 5. The first-order chi connectivity index (χ1) is 19.7. The number of fused-ring (bicyclic) bond motifs is 2. The zero-order valence-electron chi connectivity index (χ0n) is 21.9. The molecular weight excluding hydrogens is 500 g/mol. The molecule has 0 atom stereocenters. The van der Waals surface area contributed by atoms with Crippen LogP contribution in [0.4, 0.5) is 5.69 Å². The molecule has 3 N–H and O–H groups in total. The molecule has 1 aliphatic carbocycles. The molecule has 40 heavy (non-hydrogen) atoms. The second-order valence-corrected chi connectivity index (χ2v) is 10.4. The minimum atomic E-state index is 0.0429. The van der Waals surface area contributed by atoms with Gasteiger partial charge >= 0.3 is 0 Å². The molecule has 198 valence electrons. The number of H-pyrrole nitrogens is 2. The summed E-state index contributed by atoms with van der Waals surface area (Å²) < 4.78 is 0. The Morgan fingerprint density at radius 3 is 2.73 bits per heavy atom. The van der Waals surface area contributed by atoms with Gasteiger partial charge in [0.15, 0.2) is 5.82 Å². The number of benzene rings is 1. The number of para-hydroxylation sites is 1. The highest BCUT2D eigenvalue weighted by Crippen LogP contribution is 2.32. The highest BCUT2D eigenvalue weighted by atomic mass is 16.1. The lowest BCUT2D eigenvalue weighted by Gasteiger charge is -2.20. The first-order valence-electron chi connectivity index (χ1n) is 13.7. The van der Waals surface area contributed by atoms with Gasteiger partial charge in [0, 0.05) is 35.3 Å². The first-order valence-corrected chi connectivity index (χ1v) is 13.7. The van der Waals surface area contributed by atoms with Crippen LogP contribution in [-0.2, 0) is 4.79 Å². The molecule has 0 saturated heterocycles. The lowest BCUT2D eigenvalue weighted by atomic mass is 9.87. The van der Waals surface area contributed by atoms with Gasteiger partial charge in [-0.05, 0) is 49.1 Å². The van der Waals surface area contributed by atoms with Gasteiger partial charge in [0.05, 0.1) is 46.0 Å². The van der Waals surface area contributed by atoms with Gasteiger partial charge in [-0.25, -0.2) is 4.98 Å². The SMILES string of the molecule is O=C(CC1CCCCC1)Nc1cncc(-c2cc3c(-c4nc5c(-c6ccccn6)cccc5[nH]4)n[nH]c3cn2)c1. The van der Waals surface area contributed by atoms with Crippen molar-refractivity contribution in [2.45, 2.75) is 38.5 Å². The number of amides is 1. The van der Waals surface area contributed by atoms with Crippen LogP contribution in [0.25, 0.3) is 56.0 Å². The first kappa shape index (κ1) is 24.1. The molecule has 0 bridgehead atoms. The van der Waals surface area contributed by atoms with Gasteiger partial charge in [0.2, 0.25) is 5.91 Å². The molecule has 7 rings (SSSR count). The Hall–Kier alpha value is -4.92. The quantitative estimate of drug-likeness (QED) is 0.226. The van der Waals surface area contributed by atoms with Crippen molar-refractivity contribution >= 4 is 33.5 Å². The predicted octanol–water partition coefficient (Wildman–Crippen LogP) is 6.53. The summed E-state index contributed by atoms with van der Waals surface area (Å²) in [6, 6.07) is 15.8. The molecule has 1 aromatic carbocycles. The van der Waals surface area contributed by atoms with Gasteiger partial charge in [-0.2, -0.15) is 5.10 Å². The van der Waals surface area contributed by atoms with Gasteiger partial charge in [-0.1, -0.05) is 37.5 Å². The van der Waals surface area contributed by atoms with Crippen molar-refractivity contribution in [3.8, 4) is 34.0 Å². The second-order valence-electron chi connectivity index (χ2n) is 10.4. The minimum absolute atomic E-state index is 0.0429. The summed E-state index contributed by atoms with van der Waals surface area (Å²) in [6.45, 7) is 0. The van der Waals surface area contributed by atoms with Crippen molar-refractivity contribution in [2.75, 3.05) is 5.32 Å². The van der Waals surface area contributed by atoms with Crippen molar-refractivity contribution in [1.29, 1.82) is 0 Å². The van der Waals surface area contributed by atoms with E-state index in [1.165, 1.54) is 19.3 Å². The summed E-state index contributed by atoms with van der Waals surface area (Å²) in [5.74, 6) is 1.18. The van der Waals surface area contributed by atoms with Crippen LogP contribution in [-0.4, -0.2) is 41.0 Å². The molecule has 0 radical (unpaired) electrons. The number of carbonyl (C=O) groups excluding carboxylic acids is 1. The van der Waals surface area contributed by atoms with Crippen LogP contribution in [0.1, 0.15) is 38.5 Å². The van der Waals surface area contributed by atoms with Gasteiger partial charge in [-0.15, -0.1) is 0 Å². The van der Waals surface area contributed by atoms with E-state index in [-0.39, 0.29) is 5.91 Å². The number of imidazole rings is 1. The molecular formula is C31H28N8O. The van der Waals surface area contributed by atoms with E-state index >= 15 is 0 Å². The molecule has 9 nitrogen and oxygen atoms in total. The van der Waals surface area contributed by atoms with Crippen LogP contribution in [0, 0.1) is 5.92 Å². The molecule has 0 aliphatic heterocycles. The molecule has 0 spiro atoms. The Labute approximate surface area is 230 Å². The molecule has 1 amide bonds. The highest BCUT2D eigenvalue weighted by Gasteiger charge is 2.19. The Balaban J connectivity index is 1.19. The Kier molecular flexibility index (Phi) is 6.24. The van der Waals surface area contributed by atoms with Gasteiger partial charge < -0.3 is 10.3 Å². The average Bonchev–Trinajstić information content (AvgIpc) is 3.62. The monoisotopic (exact) mass is 528 g/mol. The number of anilines is 1.